The highest BCUT2D eigenvalue weighted by Crippen LogP contribution is 2.09. The molecule has 0 saturated heterocycles. The quantitative estimate of drug-likeness (QED) is 0.504. The van der Waals surface area contributed by atoms with Gasteiger partial charge in [-0.15, -0.1) is 0 Å². The number of amidine groups is 1. The average molecular weight is 235 g/mol. The van der Waals surface area contributed by atoms with Gasteiger partial charge in [0.25, 0.3) is 0 Å². The first-order chi connectivity index (χ1) is 6.81. The van der Waals surface area contributed by atoms with Gasteiger partial charge < -0.3 is 5.73 Å². The Labute approximate surface area is 92.2 Å². The summed E-state index contributed by atoms with van der Waals surface area (Å²) in [7, 11) is -3.27. The summed E-state index contributed by atoms with van der Waals surface area (Å²) in [6.45, 7) is 5.50. The highest BCUT2D eigenvalue weighted by Gasteiger charge is 2.24. The van der Waals surface area contributed by atoms with E-state index in [-0.39, 0.29) is 24.2 Å². The summed E-state index contributed by atoms with van der Waals surface area (Å²) in [6, 6.07) is -0.157. The third kappa shape index (κ3) is 5.13. The molecule has 0 aliphatic rings. The lowest BCUT2D eigenvalue weighted by Gasteiger charge is -2.25. The zero-order valence-corrected chi connectivity index (χ0v) is 10.5. The lowest BCUT2D eigenvalue weighted by atomic mass is 10.4. The Morgan fingerprint density at radius 1 is 1.47 bits per heavy atom. The number of unbranched alkanes of at least 4 members (excludes halogenated alkanes) is 1. The van der Waals surface area contributed by atoms with Crippen LogP contribution < -0.4 is 5.73 Å². The van der Waals surface area contributed by atoms with Gasteiger partial charge >= 0.3 is 0 Å². The van der Waals surface area contributed by atoms with Crippen molar-refractivity contribution in [2.75, 3.05) is 12.3 Å². The van der Waals surface area contributed by atoms with Crippen LogP contribution in [-0.4, -0.2) is 36.9 Å². The molecule has 0 aromatic carbocycles. The molecule has 15 heavy (non-hydrogen) atoms. The SMILES string of the molecule is CCCCS(=O)(=O)N(CC(=N)N)C(C)C. The van der Waals surface area contributed by atoms with Crippen molar-refractivity contribution in [1.82, 2.24) is 4.31 Å². The minimum Gasteiger partial charge on any atom is -0.387 e. The van der Waals surface area contributed by atoms with Crippen LogP contribution in [0, 0.1) is 5.41 Å². The number of hydrogen-bond donors (Lipinski definition) is 2. The molecule has 90 valence electrons. The molecule has 0 aromatic rings. The molecule has 3 N–H and O–H groups in total. The minimum absolute atomic E-state index is 0.0102. The molecule has 0 fully saturated rings. The van der Waals surface area contributed by atoms with Crippen molar-refractivity contribution in [3.8, 4) is 0 Å². The molecule has 0 saturated carbocycles. The molecule has 0 amide bonds. The van der Waals surface area contributed by atoms with Crippen LogP contribution in [0.25, 0.3) is 0 Å². The Morgan fingerprint density at radius 2 is 2.00 bits per heavy atom. The number of sulfonamides is 1. The smallest absolute Gasteiger partial charge is 0.214 e. The van der Waals surface area contributed by atoms with Crippen molar-refractivity contribution >= 4 is 15.9 Å². The van der Waals surface area contributed by atoms with Crippen LogP contribution in [0.15, 0.2) is 0 Å². The fourth-order valence-corrected chi connectivity index (χ4v) is 3.08. The van der Waals surface area contributed by atoms with E-state index in [1.807, 2.05) is 6.92 Å². The van der Waals surface area contributed by atoms with Gasteiger partial charge in [0.1, 0.15) is 5.84 Å². The third-order valence-electron chi connectivity index (χ3n) is 2.02. The van der Waals surface area contributed by atoms with Gasteiger partial charge in [0.15, 0.2) is 0 Å². The lowest BCUT2D eigenvalue weighted by Crippen LogP contribution is -2.43. The number of nitrogens with one attached hydrogen (secondary N) is 1. The molecular formula is C9H21N3O2S. The molecule has 0 heterocycles. The monoisotopic (exact) mass is 235 g/mol. The molecule has 0 aromatic heterocycles. The van der Waals surface area contributed by atoms with Crippen LogP contribution in [0.4, 0.5) is 0 Å². The van der Waals surface area contributed by atoms with Crippen molar-refractivity contribution < 1.29 is 8.42 Å². The van der Waals surface area contributed by atoms with Crippen LogP contribution in [0.5, 0.6) is 0 Å². The lowest BCUT2D eigenvalue weighted by molar-refractivity contribution is 0.388. The predicted octanol–water partition coefficient (Wildman–Crippen LogP) is 0.763. The molecule has 5 nitrogen and oxygen atoms in total. The molecule has 0 bridgehead atoms. The number of nitrogens with two attached hydrogens (primary N) is 1. The Hall–Kier alpha value is -0.620. The Kier molecular flexibility index (Phi) is 5.82. The number of rotatable bonds is 7. The van der Waals surface area contributed by atoms with Gasteiger partial charge in [0, 0.05) is 6.04 Å². The summed E-state index contributed by atoms with van der Waals surface area (Å²) in [6.07, 6.45) is 1.48. The summed E-state index contributed by atoms with van der Waals surface area (Å²) in [5, 5.41) is 7.15. The second-order valence-electron chi connectivity index (χ2n) is 3.83. The molecule has 0 spiro atoms. The normalized spacial score (nSPS) is 12.3. The number of hydrogen-bond acceptors (Lipinski definition) is 3. The fourth-order valence-electron chi connectivity index (χ4n) is 1.21. The van der Waals surface area contributed by atoms with E-state index in [2.05, 4.69) is 0 Å². The van der Waals surface area contributed by atoms with Crippen LogP contribution in [0.1, 0.15) is 33.6 Å². The van der Waals surface area contributed by atoms with Crippen LogP contribution in [0.2, 0.25) is 0 Å². The third-order valence-corrected chi connectivity index (χ3v) is 4.09. The van der Waals surface area contributed by atoms with Gasteiger partial charge in [0.2, 0.25) is 10.0 Å². The van der Waals surface area contributed by atoms with E-state index < -0.39 is 10.0 Å². The summed E-state index contributed by atoms with van der Waals surface area (Å²) in [4.78, 5) is 0. The predicted molar refractivity (Wildman–Crippen MR) is 62.5 cm³/mol. The van der Waals surface area contributed by atoms with Crippen molar-refractivity contribution in [3.05, 3.63) is 0 Å². The molecule has 0 rings (SSSR count). The van der Waals surface area contributed by atoms with Gasteiger partial charge in [-0.05, 0) is 20.3 Å². The van der Waals surface area contributed by atoms with E-state index in [9.17, 15) is 8.42 Å². The van der Waals surface area contributed by atoms with Crippen molar-refractivity contribution in [2.24, 2.45) is 5.73 Å². The molecule has 6 heteroatoms. The molecule has 0 aliphatic heterocycles. The maximum atomic E-state index is 11.8. The van der Waals surface area contributed by atoms with E-state index in [0.717, 1.165) is 6.42 Å². The summed E-state index contributed by atoms with van der Waals surface area (Å²) >= 11 is 0. The largest absolute Gasteiger partial charge is 0.387 e. The van der Waals surface area contributed by atoms with Crippen molar-refractivity contribution in [2.45, 2.75) is 39.7 Å². The van der Waals surface area contributed by atoms with Crippen molar-refractivity contribution in [1.29, 1.82) is 5.41 Å². The Morgan fingerprint density at radius 3 is 2.33 bits per heavy atom. The fraction of sp³-hybridized carbons (Fsp3) is 0.889. The van der Waals surface area contributed by atoms with E-state index in [1.165, 1.54) is 4.31 Å². The first kappa shape index (κ1) is 14.4. The first-order valence-electron chi connectivity index (χ1n) is 5.13. The molecule has 0 aliphatic carbocycles. The second kappa shape index (κ2) is 6.07. The van der Waals surface area contributed by atoms with Crippen LogP contribution in [0.3, 0.4) is 0 Å². The van der Waals surface area contributed by atoms with Crippen LogP contribution >= 0.6 is 0 Å². The molecule has 0 radical (unpaired) electrons. The first-order valence-corrected chi connectivity index (χ1v) is 6.74. The Balaban J connectivity index is 4.67. The van der Waals surface area contributed by atoms with Crippen molar-refractivity contribution in [3.63, 3.8) is 0 Å². The highest BCUT2D eigenvalue weighted by atomic mass is 32.2. The summed E-state index contributed by atoms with van der Waals surface area (Å²) < 4.78 is 25.0. The van der Waals surface area contributed by atoms with Gasteiger partial charge in [-0.2, -0.15) is 4.31 Å². The van der Waals surface area contributed by atoms with E-state index >= 15 is 0 Å². The van der Waals surface area contributed by atoms with Gasteiger partial charge in [-0.3, -0.25) is 5.41 Å². The average Bonchev–Trinajstić information content (AvgIpc) is 2.10. The zero-order chi connectivity index (χ0) is 12.1. The second-order valence-corrected chi connectivity index (χ2v) is 5.87. The molecular weight excluding hydrogens is 214 g/mol. The van der Waals surface area contributed by atoms with Gasteiger partial charge in [-0.1, -0.05) is 13.3 Å². The van der Waals surface area contributed by atoms with Crippen LogP contribution in [-0.2, 0) is 10.0 Å². The standard InChI is InChI=1S/C9H21N3O2S/c1-4-5-6-15(13,14)12(8(2)3)7-9(10)11/h8H,4-7H2,1-3H3,(H3,10,11). The summed E-state index contributed by atoms with van der Waals surface area (Å²) in [5.74, 6) is 0.0124. The maximum Gasteiger partial charge on any atom is 0.214 e. The topological polar surface area (TPSA) is 87.2 Å². The van der Waals surface area contributed by atoms with Gasteiger partial charge in [-0.25, -0.2) is 8.42 Å². The minimum atomic E-state index is -3.27. The molecule has 0 atom stereocenters. The van der Waals surface area contributed by atoms with E-state index in [0.29, 0.717) is 6.42 Å². The molecule has 0 unspecified atom stereocenters. The Bertz CT molecular complexity index is 298. The zero-order valence-electron chi connectivity index (χ0n) is 9.66. The van der Waals surface area contributed by atoms with E-state index in [4.69, 9.17) is 11.1 Å². The maximum absolute atomic E-state index is 11.8. The van der Waals surface area contributed by atoms with Gasteiger partial charge in [0.05, 0.1) is 12.3 Å². The van der Waals surface area contributed by atoms with E-state index in [1.54, 1.807) is 13.8 Å². The highest BCUT2D eigenvalue weighted by molar-refractivity contribution is 7.89. The summed E-state index contributed by atoms with van der Waals surface area (Å²) in [5.41, 5.74) is 5.23. The number of nitrogens with zero attached hydrogens (tertiary/aromatic N) is 1.